The fraction of sp³-hybridized carbons (Fsp3) is 0.625. The highest BCUT2D eigenvalue weighted by Gasteiger charge is 2.27. The van der Waals surface area contributed by atoms with Crippen LogP contribution in [-0.2, 0) is 0 Å². The van der Waals surface area contributed by atoms with Crippen molar-refractivity contribution in [1.82, 2.24) is 5.32 Å². The molecular weight excluding hydrogens is 318 g/mol. The molecule has 1 aliphatic rings. The van der Waals surface area contributed by atoms with Gasteiger partial charge >= 0.3 is 0 Å². The van der Waals surface area contributed by atoms with Gasteiger partial charge in [-0.05, 0) is 55.8 Å². The molecule has 0 saturated heterocycles. The number of aliphatic hydroxyl groups excluding tert-OH is 1. The molecule has 1 saturated carbocycles. The van der Waals surface area contributed by atoms with Crippen LogP contribution >= 0.6 is 15.9 Å². The second kappa shape index (κ2) is 7.43. The van der Waals surface area contributed by atoms with E-state index in [1.807, 2.05) is 12.1 Å². The lowest BCUT2D eigenvalue weighted by Gasteiger charge is -2.23. The topological polar surface area (TPSA) is 52.5 Å². The number of benzene rings is 1. The summed E-state index contributed by atoms with van der Waals surface area (Å²) in [4.78, 5) is 0. The van der Waals surface area contributed by atoms with E-state index >= 15 is 0 Å². The highest BCUT2D eigenvalue weighted by atomic mass is 79.9. The van der Waals surface area contributed by atoms with Gasteiger partial charge in [0.2, 0.25) is 0 Å². The van der Waals surface area contributed by atoms with Crippen molar-refractivity contribution in [3.05, 3.63) is 28.2 Å². The summed E-state index contributed by atoms with van der Waals surface area (Å²) in [5, 5.41) is 23.0. The van der Waals surface area contributed by atoms with Gasteiger partial charge in [0.05, 0.1) is 0 Å². The number of phenolic OH excluding ortho intramolecular Hbond substituents is 1. The van der Waals surface area contributed by atoms with Crippen molar-refractivity contribution in [2.45, 2.75) is 38.6 Å². The molecule has 4 heteroatoms. The molecule has 20 heavy (non-hydrogen) atoms. The summed E-state index contributed by atoms with van der Waals surface area (Å²) in [5.74, 6) is 1.34. The molecular formula is C16H24BrNO2. The summed E-state index contributed by atoms with van der Waals surface area (Å²) in [6, 6.07) is 5.72. The van der Waals surface area contributed by atoms with E-state index < -0.39 is 0 Å². The van der Waals surface area contributed by atoms with Gasteiger partial charge in [0, 0.05) is 22.7 Å². The number of aromatic hydroxyl groups is 1. The number of halogens is 1. The van der Waals surface area contributed by atoms with Gasteiger partial charge in [0.1, 0.15) is 5.75 Å². The number of hydrogen-bond donors (Lipinski definition) is 3. The maximum absolute atomic E-state index is 10.0. The largest absolute Gasteiger partial charge is 0.508 e. The second-order valence-corrected chi connectivity index (χ2v) is 6.62. The summed E-state index contributed by atoms with van der Waals surface area (Å²) in [7, 11) is 0. The molecule has 0 radical (unpaired) electrons. The maximum Gasteiger partial charge on any atom is 0.120 e. The summed E-state index contributed by atoms with van der Waals surface area (Å²) < 4.78 is 0.986. The van der Waals surface area contributed by atoms with E-state index in [2.05, 4.69) is 28.2 Å². The molecule has 3 N–H and O–H groups in total. The number of rotatable bonds is 6. The van der Waals surface area contributed by atoms with Gasteiger partial charge in [-0.3, -0.25) is 0 Å². The quantitative estimate of drug-likeness (QED) is 0.740. The summed E-state index contributed by atoms with van der Waals surface area (Å²) in [6.07, 6.45) is 4.48. The van der Waals surface area contributed by atoms with Crippen LogP contribution in [0.2, 0.25) is 0 Å². The summed E-state index contributed by atoms with van der Waals surface area (Å²) >= 11 is 3.46. The monoisotopic (exact) mass is 341 g/mol. The van der Waals surface area contributed by atoms with E-state index in [1.165, 1.54) is 12.8 Å². The van der Waals surface area contributed by atoms with Crippen molar-refractivity contribution < 1.29 is 10.2 Å². The van der Waals surface area contributed by atoms with Gasteiger partial charge in [0.15, 0.2) is 0 Å². The number of phenols is 1. The lowest BCUT2D eigenvalue weighted by molar-refractivity contribution is 0.190. The van der Waals surface area contributed by atoms with Crippen LogP contribution in [-0.4, -0.2) is 23.4 Å². The molecule has 1 aliphatic carbocycles. The SMILES string of the molecule is CCC(NCC1CCCC1CO)c1cc(Br)ccc1O. The van der Waals surface area contributed by atoms with Crippen molar-refractivity contribution >= 4 is 15.9 Å². The van der Waals surface area contributed by atoms with E-state index in [0.717, 1.165) is 29.4 Å². The van der Waals surface area contributed by atoms with Crippen LogP contribution < -0.4 is 5.32 Å². The first kappa shape index (κ1) is 15.8. The zero-order valence-electron chi connectivity index (χ0n) is 12.0. The Labute approximate surface area is 129 Å². The van der Waals surface area contributed by atoms with Gasteiger partial charge in [0.25, 0.3) is 0 Å². The maximum atomic E-state index is 10.0. The van der Waals surface area contributed by atoms with E-state index in [4.69, 9.17) is 0 Å². The van der Waals surface area contributed by atoms with Crippen molar-refractivity contribution in [3.8, 4) is 5.75 Å². The predicted octanol–water partition coefficient (Wildman–Crippen LogP) is 3.60. The predicted molar refractivity (Wildman–Crippen MR) is 84.8 cm³/mol. The van der Waals surface area contributed by atoms with Crippen LogP contribution in [0.4, 0.5) is 0 Å². The molecule has 0 bridgehead atoms. The van der Waals surface area contributed by atoms with Gasteiger partial charge < -0.3 is 15.5 Å². The Morgan fingerprint density at radius 2 is 2.10 bits per heavy atom. The zero-order chi connectivity index (χ0) is 14.5. The first-order chi connectivity index (χ1) is 9.65. The fourth-order valence-corrected chi connectivity index (χ4v) is 3.57. The van der Waals surface area contributed by atoms with E-state index in [-0.39, 0.29) is 6.04 Å². The number of aliphatic hydroxyl groups is 1. The normalized spacial score (nSPS) is 23.9. The van der Waals surface area contributed by atoms with Crippen molar-refractivity contribution in [2.24, 2.45) is 11.8 Å². The minimum absolute atomic E-state index is 0.160. The van der Waals surface area contributed by atoms with Crippen molar-refractivity contribution in [1.29, 1.82) is 0 Å². The molecule has 3 atom stereocenters. The van der Waals surface area contributed by atoms with Gasteiger partial charge in [-0.2, -0.15) is 0 Å². The molecule has 0 spiro atoms. The Morgan fingerprint density at radius 1 is 1.35 bits per heavy atom. The molecule has 0 heterocycles. The third kappa shape index (κ3) is 3.74. The van der Waals surface area contributed by atoms with Crippen LogP contribution in [0.5, 0.6) is 5.75 Å². The van der Waals surface area contributed by atoms with Crippen LogP contribution in [0.25, 0.3) is 0 Å². The average Bonchev–Trinajstić information content (AvgIpc) is 2.90. The first-order valence-electron chi connectivity index (χ1n) is 7.48. The Hall–Kier alpha value is -0.580. The van der Waals surface area contributed by atoms with E-state index in [9.17, 15) is 10.2 Å². The van der Waals surface area contributed by atoms with Gasteiger partial charge in [-0.15, -0.1) is 0 Å². The summed E-state index contributed by atoms with van der Waals surface area (Å²) in [6.45, 7) is 3.33. The lowest BCUT2D eigenvalue weighted by Crippen LogP contribution is -2.30. The van der Waals surface area contributed by atoms with Crippen LogP contribution in [0.1, 0.15) is 44.2 Å². The Morgan fingerprint density at radius 3 is 2.80 bits per heavy atom. The first-order valence-corrected chi connectivity index (χ1v) is 8.27. The molecule has 1 fully saturated rings. The third-order valence-electron chi connectivity index (χ3n) is 4.45. The molecule has 3 nitrogen and oxygen atoms in total. The standard InChI is InChI=1S/C16H24BrNO2/c1-2-15(14-8-13(17)6-7-16(14)20)18-9-11-4-3-5-12(11)10-19/h6-8,11-12,15,18-20H,2-5,9-10H2,1H3. The van der Waals surface area contributed by atoms with E-state index in [0.29, 0.717) is 24.2 Å². The molecule has 112 valence electrons. The highest BCUT2D eigenvalue weighted by Crippen LogP contribution is 2.33. The Kier molecular flexibility index (Phi) is 5.87. The third-order valence-corrected chi connectivity index (χ3v) is 4.94. The zero-order valence-corrected chi connectivity index (χ0v) is 13.6. The molecule has 2 rings (SSSR count). The van der Waals surface area contributed by atoms with Crippen LogP contribution in [0, 0.1) is 11.8 Å². The van der Waals surface area contributed by atoms with Crippen molar-refractivity contribution in [2.75, 3.05) is 13.2 Å². The minimum atomic E-state index is 0.160. The Balaban J connectivity index is 2.00. The van der Waals surface area contributed by atoms with Crippen LogP contribution in [0.15, 0.2) is 22.7 Å². The van der Waals surface area contributed by atoms with Crippen LogP contribution in [0.3, 0.4) is 0 Å². The Bertz CT molecular complexity index is 438. The van der Waals surface area contributed by atoms with Crippen molar-refractivity contribution in [3.63, 3.8) is 0 Å². The number of nitrogens with one attached hydrogen (secondary N) is 1. The smallest absolute Gasteiger partial charge is 0.120 e. The molecule has 0 aliphatic heterocycles. The lowest BCUT2D eigenvalue weighted by atomic mass is 9.95. The van der Waals surface area contributed by atoms with E-state index in [1.54, 1.807) is 6.07 Å². The summed E-state index contributed by atoms with van der Waals surface area (Å²) in [5.41, 5.74) is 0.945. The van der Waals surface area contributed by atoms with Gasteiger partial charge in [-0.25, -0.2) is 0 Å². The molecule has 0 amide bonds. The molecule has 3 unspecified atom stereocenters. The highest BCUT2D eigenvalue weighted by molar-refractivity contribution is 9.10. The average molecular weight is 342 g/mol. The molecule has 0 aromatic heterocycles. The molecule has 1 aromatic rings. The molecule has 1 aromatic carbocycles. The second-order valence-electron chi connectivity index (χ2n) is 5.71. The number of hydrogen-bond acceptors (Lipinski definition) is 3. The minimum Gasteiger partial charge on any atom is -0.508 e. The van der Waals surface area contributed by atoms with Gasteiger partial charge in [-0.1, -0.05) is 29.3 Å². The fourth-order valence-electron chi connectivity index (χ4n) is 3.20.